The third-order valence-corrected chi connectivity index (χ3v) is 3.16. The molecule has 0 atom stereocenters. The number of nitrogens with zero attached hydrogens (tertiary/aromatic N) is 1. The lowest BCUT2D eigenvalue weighted by Gasteiger charge is -2.06. The van der Waals surface area contributed by atoms with Crippen molar-refractivity contribution in [3.63, 3.8) is 0 Å². The van der Waals surface area contributed by atoms with Gasteiger partial charge in [-0.3, -0.25) is 4.79 Å². The normalized spacial score (nSPS) is 10.5. The number of hydrogen-bond acceptors (Lipinski definition) is 3. The summed E-state index contributed by atoms with van der Waals surface area (Å²) in [6, 6.07) is 3.90. The molecule has 0 fully saturated rings. The van der Waals surface area contributed by atoms with Crippen LogP contribution in [-0.2, 0) is 0 Å². The molecule has 0 spiro atoms. The smallest absolute Gasteiger partial charge is 0.343 e. The van der Waals surface area contributed by atoms with Gasteiger partial charge in [0.1, 0.15) is 17.2 Å². The third-order valence-electron chi connectivity index (χ3n) is 2.50. The molecule has 98 valence electrons. The number of aromatic amines is 1. The van der Waals surface area contributed by atoms with Gasteiger partial charge >= 0.3 is 5.97 Å². The van der Waals surface area contributed by atoms with Crippen molar-refractivity contribution in [2.24, 2.45) is 0 Å². The minimum Gasteiger partial charge on any atom is -0.477 e. The molecule has 0 bridgehead atoms. The highest BCUT2D eigenvalue weighted by molar-refractivity contribution is 9.10. The van der Waals surface area contributed by atoms with Crippen LogP contribution in [0.4, 0.5) is 4.39 Å². The Bertz CT molecular complexity index is 727. The fraction of sp³-hybridized carbons (Fsp3) is 0.0833. The van der Waals surface area contributed by atoms with Crippen molar-refractivity contribution in [3.8, 4) is 11.4 Å². The van der Waals surface area contributed by atoms with Crippen molar-refractivity contribution in [1.29, 1.82) is 0 Å². The minimum atomic E-state index is -1.34. The predicted molar refractivity (Wildman–Crippen MR) is 69.6 cm³/mol. The van der Waals surface area contributed by atoms with Crippen molar-refractivity contribution in [2.45, 2.75) is 6.92 Å². The summed E-state index contributed by atoms with van der Waals surface area (Å²) in [6.45, 7) is 1.43. The molecule has 0 unspecified atom stereocenters. The number of halogens is 2. The molecule has 5 nitrogen and oxygen atoms in total. The number of aryl methyl sites for hydroxylation is 1. The molecule has 0 amide bonds. The summed E-state index contributed by atoms with van der Waals surface area (Å²) >= 11 is 3.16. The SMILES string of the molecule is Cc1nc(-c2ccc(F)cc2Br)[nH]c(=O)c1C(=O)O. The van der Waals surface area contributed by atoms with Crippen LogP contribution < -0.4 is 5.56 Å². The van der Waals surface area contributed by atoms with E-state index in [4.69, 9.17) is 5.11 Å². The van der Waals surface area contributed by atoms with Gasteiger partial charge in [0, 0.05) is 10.0 Å². The second-order valence-corrected chi connectivity index (χ2v) is 4.66. The number of carboxylic acids is 1. The second-order valence-electron chi connectivity index (χ2n) is 3.80. The standard InChI is InChI=1S/C12H8BrFN2O3/c1-5-9(12(18)19)11(17)16-10(15-5)7-3-2-6(14)4-8(7)13/h2-4H,1H3,(H,18,19)(H,15,16,17). The van der Waals surface area contributed by atoms with Crippen LogP contribution in [0, 0.1) is 12.7 Å². The monoisotopic (exact) mass is 326 g/mol. The van der Waals surface area contributed by atoms with E-state index in [1.54, 1.807) is 0 Å². The first-order valence-corrected chi connectivity index (χ1v) is 5.99. The molecule has 0 saturated carbocycles. The first-order chi connectivity index (χ1) is 8.90. The van der Waals surface area contributed by atoms with E-state index >= 15 is 0 Å². The Labute approximate surface area is 115 Å². The average molecular weight is 327 g/mol. The fourth-order valence-electron chi connectivity index (χ4n) is 1.65. The molecule has 19 heavy (non-hydrogen) atoms. The molecule has 0 radical (unpaired) electrons. The number of benzene rings is 1. The molecule has 1 heterocycles. The Hall–Kier alpha value is -2.02. The van der Waals surface area contributed by atoms with Gasteiger partial charge in [-0.25, -0.2) is 14.2 Å². The quantitative estimate of drug-likeness (QED) is 0.887. The van der Waals surface area contributed by atoms with Crippen LogP contribution in [0.1, 0.15) is 16.1 Å². The van der Waals surface area contributed by atoms with E-state index < -0.39 is 22.9 Å². The van der Waals surface area contributed by atoms with E-state index in [0.717, 1.165) is 0 Å². The highest BCUT2D eigenvalue weighted by Gasteiger charge is 2.16. The number of nitrogens with one attached hydrogen (secondary N) is 1. The maximum absolute atomic E-state index is 13.0. The lowest BCUT2D eigenvalue weighted by atomic mass is 10.2. The maximum Gasteiger partial charge on any atom is 0.343 e. The van der Waals surface area contributed by atoms with Crippen LogP contribution in [0.5, 0.6) is 0 Å². The zero-order valence-corrected chi connectivity index (χ0v) is 11.3. The summed E-state index contributed by atoms with van der Waals surface area (Å²) in [6.07, 6.45) is 0. The minimum absolute atomic E-state index is 0.0995. The molecular formula is C12H8BrFN2O3. The van der Waals surface area contributed by atoms with Crippen molar-refractivity contribution < 1.29 is 14.3 Å². The van der Waals surface area contributed by atoms with Gasteiger partial charge in [-0.15, -0.1) is 0 Å². The molecule has 2 rings (SSSR count). The molecule has 1 aromatic heterocycles. The summed E-state index contributed by atoms with van der Waals surface area (Å²) in [4.78, 5) is 29.0. The second kappa shape index (κ2) is 4.93. The molecule has 0 saturated heterocycles. The molecule has 7 heteroatoms. The summed E-state index contributed by atoms with van der Waals surface area (Å²) in [5, 5.41) is 8.88. The van der Waals surface area contributed by atoms with Gasteiger partial charge in [0.15, 0.2) is 0 Å². The average Bonchev–Trinajstić information content (AvgIpc) is 2.26. The molecule has 2 N–H and O–H groups in total. The summed E-state index contributed by atoms with van der Waals surface area (Å²) in [5.41, 5.74) is -0.575. The Kier molecular flexibility index (Phi) is 3.48. The third kappa shape index (κ3) is 2.55. The maximum atomic E-state index is 13.0. The van der Waals surface area contributed by atoms with Crippen LogP contribution in [0.15, 0.2) is 27.5 Å². The van der Waals surface area contributed by atoms with Crippen molar-refractivity contribution in [1.82, 2.24) is 9.97 Å². The van der Waals surface area contributed by atoms with Crippen molar-refractivity contribution in [2.75, 3.05) is 0 Å². The summed E-state index contributed by atoms with van der Waals surface area (Å²) in [5.74, 6) is -1.59. The number of rotatable bonds is 2. The van der Waals surface area contributed by atoms with E-state index in [1.807, 2.05) is 0 Å². The van der Waals surface area contributed by atoms with E-state index in [-0.39, 0.29) is 11.5 Å². The molecule has 1 aromatic carbocycles. The number of aromatic carboxylic acids is 1. The number of carboxylic acid groups (broad SMARTS) is 1. The number of H-pyrrole nitrogens is 1. The van der Waals surface area contributed by atoms with Crippen LogP contribution in [0.25, 0.3) is 11.4 Å². The van der Waals surface area contributed by atoms with Gasteiger partial charge < -0.3 is 10.1 Å². The number of hydrogen-bond donors (Lipinski definition) is 2. The fourth-order valence-corrected chi connectivity index (χ4v) is 2.19. The molecule has 0 aliphatic carbocycles. The Morgan fingerprint density at radius 2 is 2.16 bits per heavy atom. The van der Waals surface area contributed by atoms with Gasteiger partial charge in [0.05, 0.1) is 5.69 Å². The highest BCUT2D eigenvalue weighted by atomic mass is 79.9. The molecule has 2 aromatic rings. The summed E-state index contributed by atoms with van der Waals surface area (Å²) < 4.78 is 13.4. The van der Waals surface area contributed by atoms with Gasteiger partial charge in [-0.2, -0.15) is 0 Å². The number of carbonyl (C=O) groups is 1. The lowest BCUT2D eigenvalue weighted by molar-refractivity contribution is 0.0693. The van der Waals surface area contributed by atoms with Crippen LogP contribution >= 0.6 is 15.9 Å². The van der Waals surface area contributed by atoms with Crippen molar-refractivity contribution >= 4 is 21.9 Å². The zero-order valence-electron chi connectivity index (χ0n) is 9.70. The van der Waals surface area contributed by atoms with Gasteiger partial charge in [-0.05, 0) is 41.1 Å². The zero-order chi connectivity index (χ0) is 14.2. The predicted octanol–water partition coefficient (Wildman–Crippen LogP) is 2.35. The Balaban J connectivity index is 2.65. The van der Waals surface area contributed by atoms with E-state index in [0.29, 0.717) is 10.0 Å². The Morgan fingerprint density at radius 3 is 2.68 bits per heavy atom. The lowest BCUT2D eigenvalue weighted by Crippen LogP contribution is -2.21. The highest BCUT2D eigenvalue weighted by Crippen LogP contribution is 2.25. The van der Waals surface area contributed by atoms with E-state index in [9.17, 15) is 14.0 Å². The van der Waals surface area contributed by atoms with Crippen molar-refractivity contribution in [3.05, 3.63) is 50.1 Å². The summed E-state index contributed by atoms with van der Waals surface area (Å²) in [7, 11) is 0. The molecule has 0 aliphatic rings. The number of aromatic nitrogens is 2. The first-order valence-electron chi connectivity index (χ1n) is 5.20. The largest absolute Gasteiger partial charge is 0.477 e. The van der Waals surface area contributed by atoms with Crippen LogP contribution in [0.3, 0.4) is 0 Å². The van der Waals surface area contributed by atoms with Crippen LogP contribution in [-0.4, -0.2) is 21.0 Å². The van der Waals surface area contributed by atoms with Gasteiger partial charge in [-0.1, -0.05) is 0 Å². The topological polar surface area (TPSA) is 83.0 Å². The van der Waals surface area contributed by atoms with E-state index in [1.165, 1.54) is 25.1 Å². The van der Waals surface area contributed by atoms with Gasteiger partial charge in [0.25, 0.3) is 5.56 Å². The van der Waals surface area contributed by atoms with E-state index in [2.05, 4.69) is 25.9 Å². The van der Waals surface area contributed by atoms with Gasteiger partial charge in [0.2, 0.25) is 0 Å². The molecule has 0 aliphatic heterocycles. The Morgan fingerprint density at radius 1 is 1.47 bits per heavy atom. The van der Waals surface area contributed by atoms with Crippen LogP contribution in [0.2, 0.25) is 0 Å². The molecular weight excluding hydrogens is 319 g/mol. The first kappa shape index (κ1) is 13.4.